The van der Waals surface area contributed by atoms with Gasteiger partial charge in [0.15, 0.2) is 0 Å². The first-order valence-electron chi connectivity index (χ1n) is 11.5. The molecule has 6 nitrogen and oxygen atoms in total. The molecule has 5 rings (SSSR count). The van der Waals surface area contributed by atoms with Crippen molar-refractivity contribution in [3.63, 3.8) is 0 Å². The Morgan fingerprint density at radius 3 is 2.49 bits per heavy atom. The van der Waals surface area contributed by atoms with Gasteiger partial charge in [0.05, 0.1) is 17.8 Å². The molecule has 0 radical (unpaired) electrons. The number of nitrogens with zero attached hydrogens (tertiary/aromatic N) is 3. The van der Waals surface area contributed by atoms with Gasteiger partial charge in [-0.1, -0.05) is 6.07 Å². The maximum absolute atomic E-state index is 14.6. The SMILES string of the molecule is Cc1cc(-c2ccnn2C)cc(C)c1-c1ccc(F)c(COc2ccc([C@H]3C[C@@H]3C(=O)O)nc2)c1. The molecule has 7 heteroatoms. The van der Waals surface area contributed by atoms with Crippen LogP contribution in [0.25, 0.3) is 22.4 Å². The number of pyridine rings is 1. The summed E-state index contributed by atoms with van der Waals surface area (Å²) in [6, 6.07) is 14.9. The van der Waals surface area contributed by atoms with Crippen molar-refractivity contribution in [3.8, 4) is 28.1 Å². The zero-order chi connectivity index (χ0) is 24.7. The predicted octanol–water partition coefficient (Wildman–Crippen LogP) is 5.67. The van der Waals surface area contributed by atoms with Gasteiger partial charge in [-0.05, 0) is 85.0 Å². The molecule has 178 valence electrons. The number of carboxylic acid groups (broad SMARTS) is 1. The molecule has 0 amide bonds. The fourth-order valence-corrected chi connectivity index (χ4v) is 4.72. The Kier molecular flexibility index (Phi) is 5.84. The molecule has 0 saturated heterocycles. The molecule has 0 aliphatic heterocycles. The fourth-order valence-electron chi connectivity index (χ4n) is 4.72. The number of rotatable bonds is 7. The average molecular weight is 472 g/mol. The van der Waals surface area contributed by atoms with E-state index in [4.69, 9.17) is 9.84 Å². The monoisotopic (exact) mass is 471 g/mol. The van der Waals surface area contributed by atoms with E-state index in [1.54, 1.807) is 30.6 Å². The highest BCUT2D eigenvalue weighted by Gasteiger charge is 2.45. The molecule has 1 N–H and O–H groups in total. The molecule has 1 fully saturated rings. The van der Waals surface area contributed by atoms with Crippen LogP contribution in [-0.4, -0.2) is 25.8 Å². The highest BCUT2D eigenvalue weighted by molar-refractivity contribution is 5.76. The number of hydrogen-bond acceptors (Lipinski definition) is 4. The molecule has 35 heavy (non-hydrogen) atoms. The summed E-state index contributed by atoms with van der Waals surface area (Å²) in [6.45, 7) is 4.18. The number of carbonyl (C=O) groups is 1. The van der Waals surface area contributed by atoms with Gasteiger partial charge in [0, 0.05) is 36.0 Å². The smallest absolute Gasteiger partial charge is 0.307 e. The van der Waals surface area contributed by atoms with E-state index in [0.29, 0.717) is 17.7 Å². The molecular weight excluding hydrogens is 445 g/mol. The van der Waals surface area contributed by atoms with E-state index in [1.807, 2.05) is 23.9 Å². The standard InChI is InChI=1S/C28H26FN3O3/c1-16-10-19(26-8-9-31-32(26)3)11-17(2)27(16)18-4-6-24(29)20(12-18)15-35-21-5-7-25(30-14-21)22-13-23(22)28(33)34/h4-12,14,22-23H,13,15H2,1-3H3,(H,33,34)/t22-,23-/m0/s1. The topological polar surface area (TPSA) is 77.2 Å². The Hall–Kier alpha value is -4.00. The second-order valence-corrected chi connectivity index (χ2v) is 9.13. The molecule has 0 unspecified atom stereocenters. The minimum atomic E-state index is -0.787. The average Bonchev–Trinajstić information content (AvgIpc) is 3.53. The molecule has 1 saturated carbocycles. The second kappa shape index (κ2) is 8.98. The van der Waals surface area contributed by atoms with E-state index in [2.05, 4.69) is 36.1 Å². The van der Waals surface area contributed by atoms with Crippen LogP contribution in [0.4, 0.5) is 4.39 Å². The number of carboxylic acids is 1. The highest BCUT2D eigenvalue weighted by Crippen LogP contribution is 2.46. The van der Waals surface area contributed by atoms with Crippen molar-refractivity contribution in [1.29, 1.82) is 0 Å². The van der Waals surface area contributed by atoms with E-state index in [0.717, 1.165) is 39.2 Å². The van der Waals surface area contributed by atoms with Crippen molar-refractivity contribution in [1.82, 2.24) is 14.8 Å². The van der Waals surface area contributed by atoms with E-state index < -0.39 is 5.97 Å². The van der Waals surface area contributed by atoms with Crippen molar-refractivity contribution in [2.45, 2.75) is 32.8 Å². The first-order valence-corrected chi connectivity index (χ1v) is 11.5. The third kappa shape index (κ3) is 4.54. The maximum atomic E-state index is 14.6. The maximum Gasteiger partial charge on any atom is 0.307 e. The van der Waals surface area contributed by atoms with Crippen molar-refractivity contribution in [2.24, 2.45) is 13.0 Å². The molecule has 2 aromatic carbocycles. The largest absolute Gasteiger partial charge is 0.487 e. The number of ether oxygens (including phenoxy) is 1. The van der Waals surface area contributed by atoms with Crippen LogP contribution in [0.3, 0.4) is 0 Å². The van der Waals surface area contributed by atoms with Crippen molar-refractivity contribution in [2.75, 3.05) is 0 Å². The normalized spacial score (nSPS) is 16.8. The molecular formula is C28H26FN3O3. The Labute approximate surface area is 203 Å². The Morgan fingerprint density at radius 2 is 1.89 bits per heavy atom. The molecule has 1 aliphatic carbocycles. The van der Waals surface area contributed by atoms with Gasteiger partial charge in [-0.15, -0.1) is 0 Å². The van der Waals surface area contributed by atoms with Crippen LogP contribution >= 0.6 is 0 Å². The number of aryl methyl sites for hydroxylation is 3. The van der Waals surface area contributed by atoms with Crippen molar-refractivity contribution in [3.05, 3.63) is 89.1 Å². The van der Waals surface area contributed by atoms with Gasteiger partial charge in [0.25, 0.3) is 0 Å². The quantitative estimate of drug-likeness (QED) is 0.376. The van der Waals surface area contributed by atoms with Crippen LogP contribution in [0.15, 0.2) is 60.9 Å². The van der Waals surface area contributed by atoms with Gasteiger partial charge in [-0.3, -0.25) is 14.5 Å². The van der Waals surface area contributed by atoms with Crippen molar-refractivity contribution >= 4 is 5.97 Å². The van der Waals surface area contributed by atoms with E-state index in [9.17, 15) is 9.18 Å². The lowest BCUT2D eigenvalue weighted by atomic mass is 9.92. The van der Waals surface area contributed by atoms with Gasteiger partial charge in [0.2, 0.25) is 0 Å². The van der Waals surface area contributed by atoms with Crippen LogP contribution in [0.5, 0.6) is 5.75 Å². The summed E-state index contributed by atoms with van der Waals surface area (Å²) in [5.41, 5.74) is 7.52. The molecule has 2 heterocycles. The third-order valence-corrected chi connectivity index (χ3v) is 6.62. The van der Waals surface area contributed by atoms with Gasteiger partial charge in [0.1, 0.15) is 18.2 Å². The number of benzene rings is 2. The van der Waals surface area contributed by atoms with Crippen LogP contribution in [0.2, 0.25) is 0 Å². The summed E-state index contributed by atoms with van der Waals surface area (Å²) >= 11 is 0. The molecule has 4 aromatic rings. The zero-order valence-corrected chi connectivity index (χ0v) is 19.8. The van der Waals surface area contributed by atoms with E-state index in [1.165, 1.54) is 6.07 Å². The number of aromatic nitrogens is 3. The van der Waals surface area contributed by atoms with Crippen LogP contribution < -0.4 is 4.74 Å². The lowest BCUT2D eigenvalue weighted by Gasteiger charge is -2.15. The highest BCUT2D eigenvalue weighted by atomic mass is 19.1. The Bertz CT molecular complexity index is 1390. The number of halogens is 1. The molecule has 0 spiro atoms. The van der Waals surface area contributed by atoms with Crippen molar-refractivity contribution < 1.29 is 19.0 Å². The lowest BCUT2D eigenvalue weighted by molar-refractivity contribution is -0.138. The van der Waals surface area contributed by atoms with Crippen LogP contribution in [0, 0.1) is 25.6 Å². The second-order valence-electron chi connectivity index (χ2n) is 9.13. The van der Waals surface area contributed by atoms with Gasteiger partial charge < -0.3 is 9.84 Å². The first kappa shape index (κ1) is 22.8. The first-order chi connectivity index (χ1) is 16.8. The summed E-state index contributed by atoms with van der Waals surface area (Å²) in [6.07, 6.45) is 3.96. The summed E-state index contributed by atoms with van der Waals surface area (Å²) in [7, 11) is 1.92. The summed E-state index contributed by atoms with van der Waals surface area (Å²) < 4.78 is 22.3. The molecule has 0 bridgehead atoms. The van der Waals surface area contributed by atoms with Crippen LogP contribution in [-0.2, 0) is 18.4 Å². The lowest BCUT2D eigenvalue weighted by Crippen LogP contribution is -2.02. The van der Waals surface area contributed by atoms with Gasteiger partial charge in [-0.25, -0.2) is 4.39 Å². The number of hydrogen-bond donors (Lipinski definition) is 1. The van der Waals surface area contributed by atoms with E-state index in [-0.39, 0.29) is 24.3 Å². The van der Waals surface area contributed by atoms with Gasteiger partial charge >= 0.3 is 5.97 Å². The van der Waals surface area contributed by atoms with Gasteiger partial charge in [-0.2, -0.15) is 5.10 Å². The minimum Gasteiger partial charge on any atom is -0.487 e. The molecule has 1 aliphatic rings. The fraction of sp³-hybridized carbons (Fsp3) is 0.250. The number of aliphatic carboxylic acids is 1. The molecule has 2 aromatic heterocycles. The summed E-state index contributed by atoms with van der Waals surface area (Å²) in [5.74, 6) is -0.992. The predicted molar refractivity (Wildman–Crippen MR) is 131 cm³/mol. The zero-order valence-electron chi connectivity index (χ0n) is 19.8. The van der Waals surface area contributed by atoms with E-state index >= 15 is 0 Å². The minimum absolute atomic E-state index is 0.0357. The summed E-state index contributed by atoms with van der Waals surface area (Å²) in [4.78, 5) is 15.4. The van der Waals surface area contributed by atoms with Crippen LogP contribution in [0.1, 0.15) is 34.7 Å². The molecule has 2 atom stereocenters. The third-order valence-electron chi connectivity index (χ3n) is 6.62. The Balaban J connectivity index is 1.34. The summed E-state index contributed by atoms with van der Waals surface area (Å²) in [5, 5.41) is 13.4. The Morgan fingerprint density at radius 1 is 1.11 bits per heavy atom.